The molecule has 0 aliphatic heterocycles. The molecule has 0 unspecified atom stereocenters. The molecule has 17 heavy (non-hydrogen) atoms. The van der Waals surface area contributed by atoms with Crippen molar-refractivity contribution in [2.24, 2.45) is 0 Å². The molecule has 0 saturated heterocycles. The standard InChI is InChI=1S/C13H16N4/c1-7-4-5-10(9(3)8(7)2)11-6-12(14)17-13(15)16-11/h4-6H,1-3H3,(H4,14,15,16,17). The summed E-state index contributed by atoms with van der Waals surface area (Å²) in [5.74, 6) is 0.600. The highest BCUT2D eigenvalue weighted by atomic mass is 15.0. The number of nitrogen functional groups attached to an aromatic ring is 2. The van der Waals surface area contributed by atoms with Gasteiger partial charge in [0.15, 0.2) is 0 Å². The first-order chi connectivity index (χ1) is 7.99. The zero-order chi connectivity index (χ0) is 12.6. The molecule has 0 atom stereocenters. The summed E-state index contributed by atoms with van der Waals surface area (Å²) in [6.07, 6.45) is 0. The minimum absolute atomic E-state index is 0.206. The lowest BCUT2D eigenvalue weighted by Gasteiger charge is -2.11. The fraction of sp³-hybridized carbons (Fsp3) is 0.231. The van der Waals surface area contributed by atoms with Crippen LogP contribution in [-0.4, -0.2) is 9.97 Å². The van der Waals surface area contributed by atoms with E-state index in [1.807, 2.05) is 6.07 Å². The maximum absolute atomic E-state index is 5.68. The fourth-order valence-corrected chi connectivity index (χ4v) is 1.86. The Bertz CT molecular complexity index is 556. The Labute approximate surface area is 101 Å². The van der Waals surface area contributed by atoms with Crippen LogP contribution in [0.3, 0.4) is 0 Å². The Morgan fingerprint density at radius 1 is 0.941 bits per heavy atom. The highest BCUT2D eigenvalue weighted by Gasteiger charge is 2.08. The minimum Gasteiger partial charge on any atom is -0.384 e. The Morgan fingerprint density at radius 3 is 2.29 bits per heavy atom. The van der Waals surface area contributed by atoms with Crippen LogP contribution in [0.25, 0.3) is 11.3 Å². The number of aryl methyl sites for hydroxylation is 1. The van der Waals surface area contributed by atoms with Gasteiger partial charge in [-0.2, -0.15) is 4.98 Å². The molecule has 4 N–H and O–H groups in total. The fourth-order valence-electron chi connectivity index (χ4n) is 1.86. The number of nitrogens with zero attached hydrogens (tertiary/aromatic N) is 2. The molecule has 0 spiro atoms. The van der Waals surface area contributed by atoms with Crippen LogP contribution in [0.15, 0.2) is 18.2 Å². The maximum Gasteiger partial charge on any atom is 0.222 e. The van der Waals surface area contributed by atoms with E-state index in [1.165, 1.54) is 16.7 Å². The number of hydrogen-bond acceptors (Lipinski definition) is 4. The summed E-state index contributed by atoms with van der Waals surface area (Å²) in [5.41, 5.74) is 16.8. The van der Waals surface area contributed by atoms with Crippen molar-refractivity contribution < 1.29 is 0 Å². The molecule has 1 aromatic heterocycles. The van der Waals surface area contributed by atoms with Crippen LogP contribution in [0.4, 0.5) is 11.8 Å². The van der Waals surface area contributed by atoms with Gasteiger partial charge in [0.2, 0.25) is 5.95 Å². The quantitative estimate of drug-likeness (QED) is 0.784. The highest BCUT2D eigenvalue weighted by Crippen LogP contribution is 2.27. The lowest BCUT2D eigenvalue weighted by atomic mass is 9.97. The van der Waals surface area contributed by atoms with E-state index >= 15 is 0 Å². The Hall–Kier alpha value is -2.10. The molecule has 2 aromatic rings. The van der Waals surface area contributed by atoms with E-state index in [2.05, 4.69) is 36.8 Å². The predicted octanol–water partition coefficient (Wildman–Crippen LogP) is 2.23. The molecule has 0 aliphatic carbocycles. The summed E-state index contributed by atoms with van der Waals surface area (Å²) >= 11 is 0. The SMILES string of the molecule is Cc1ccc(-c2cc(N)nc(N)n2)c(C)c1C. The number of anilines is 2. The number of nitrogens with two attached hydrogens (primary N) is 2. The molecule has 0 radical (unpaired) electrons. The summed E-state index contributed by atoms with van der Waals surface area (Å²) in [6.45, 7) is 6.27. The van der Waals surface area contributed by atoms with Crippen molar-refractivity contribution in [2.75, 3.05) is 11.5 Å². The first-order valence-corrected chi connectivity index (χ1v) is 5.46. The van der Waals surface area contributed by atoms with E-state index in [9.17, 15) is 0 Å². The second kappa shape index (κ2) is 4.05. The van der Waals surface area contributed by atoms with E-state index in [1.54, 1.807) is 6.07 Å². The average Bonchev–Trinajstić information content (AvgIpc) is 2.24. The summed E-state index contributed by atoms with van der Waals surface area (Å²) in [4.78, 5) is 8.10. The number of rotatable bonds is 1. The van der Waals surface area contributed by atoms with Crippen molar-refractivity contribution in [1.82, 2.24) is 9.97 Å². The van der Waals surface area contributed by atoms with Crippen molar-refractivity contribution in [3.05, 3.63) is 34.9 Å². The van der Waals surface area contributed by atoms with Crippen LogP contribution in [-0.2, 0) is 0 Å². The molecule has 0 fully saturated rings. The monoisotopic (exact) mass is 228 g/mol. The zero-order valence-electron chi connectivity index (χ0n) is 10.3. The van der Waals surface area contributed by atoms with Crippen LogP contribution in [0.5, 0.6) is 0 Å². The van der Waals surface area contributed by atoms with Gasteiger partial charge in [0.05, 0.1) is 5.69 Å². The normalized spacial score (nSPS) is 10.5. The largest absolute Gasteiger partial charge is 0.384 e. The zero-order valence-corrected chi connectivity index (χ0v) is 10.3. The Morgan fingerprint density at radius 2 is 1.65 bits per heavy atom. The number of benzene rings is 1. The molecular weight excluding hydrogens is 212 g/mol. The molecule has 0 aliphatic rings. The van der Waals surface area contributed by atoms with Gasteiger partial charge >= 0.3 is 0 Å². The molecule has 1 aromatic carbocycles. The lowest BCUT2D eigenvalue weighted by molar-refractivity contribution is 1.18. The smallest absolute Gasteiger partial charge is 0.222 e. The van der Waals surface area contributed by atoms with Crippen molar-refractivity contribution >= 4 is 11.8 Å². The second-order valence-corrected chi connectivity index (χ2v) is 4.22. The van der Waals surface area contributed by atoms with Gasteiger partial charge in [-0.05, 0) is 37.5 Å². The van der Waals surface area contributed by atoms with Crippen LogP contribution >= 0.6 is 0 Å². The summed E-state index contributed by atoms with van der Waals surface area (Å²) in [7, 11) is 0. The third-order valence-corrected chi connectivity index (χ3v) is 3.10. The molecule has 1 heterocycles. The highest BCUT2D eigenvalue weighted by molar-refractivity contribution is 5.68. The summed E-state index contributed by atoms with van der Waals surface area (Å²) < 4.78 is 0. The van der Waals surface area contributed by atoms with Crippen molar-refractivity contribution in [1.29, 1.82) is 0 Å². The van der Waals surface area contributed by atoms with E-state index in [4.69, 9.17) is 11.5 Å². The van der Waals surface area contributed by atoms with Crippen LogP contribution in [0.1, 0.15) is 16.7 Å². The summed E-state index contributed by atoms with van der Waals surface area (Å²) in [6, 6.07) is 5.86. The predicted molar refractivity (Wildman–Crippen MR) is 70.5 cm³/mol. The van der Waals surface area contributed by atoms with Crippen LogP contribution in [0.2, 0.25) is 0 Å². The minimum atomic E-state index is 0.206. The van der Waals surface area contributed by atoms with Gasteiger partial charge in [0, 0.05) is 11.6 Å². The molecule has 0 bridgehead atoms. The van der Waals surface area contributed by atoms with Gasteiger partial charge in [-0.15, -0.1) is 0 Å². The lowest BCUT2D eigenvalue weighted by Crippen LogP contribution is -2.01. The first-order valence-electron chi connectivity index (χ1n) is 5.46. The molecular formula is C13H16N4. The first kappa shape index (κ1) is 11.4. The van der Waals surface area contributed by atoms with Crippen molar-refractivity contribution in [3.63, 3.8) is 0 Å². The molecule has 2 rings (SSSR count). The van der Waals surface area contributed by atoms with Crippen molar-refractivity contribution in [3.8, 4) is 11.3 Å². The van der Waals surface area contributed by atoms with Gasteiger partial charge in [0.25, 0.3) is 0 Å². The molecule has 4 nitrogen and oxygen atoms in total. The molecule has 88 valence electrons. The molecule has 4 heteroatoms. The third-order valence-electron chi connectivity index (χ3n) is 3.10. The number of hydrogen-bond donors (Lipinski definition) is 2. The van der Waals surface area contributed by atoms with Crippen molar-refractivity contribution in [2.45, 2.75) is 20.8 Å². The van der Waals surface area contributed by atoms with Gasteiger partial charge < -0.3 is 11.5 Å². The van der Waals surface area contributed by atoms with Crippen LogP contribution < -0.4 is 11.5 Å². The van der Waals surface area contributed by atoms with Crippen LogP contribution in [0, 0.1) is 20.8 Å². The summed E-state index contributed by atoms with van der Waals surface area (Å²) in [5, 5.41) is 0. The van der Waals surface area contributed by atoms with E-state index in [0.717, 1.165) is 11.3 Å². The van der Waals surface area contributed by atoms with Gasteiger partial charge in [-0.3, -0.25) is 0 Å². The Kier molecular flexibility index (Phi) is 2.71. The Balaban J connectivity index is 2.64. The van der Waals surface area contributed by atoms with Gasteiger partial charge in [-0.1, -0.05) is 12.1 Å². The van der Waals surface area contributed by atoms with E-state index in [-0.39, 0.29) is 5.95 Å². The number of aromatic nitrogens is 2. The van der Waals surface area contributed by atoms with E-state index < -0.39 is 0 Å². The van der Waals surface area contributed by atoms with Gasteiger partial charge in [0.1, 0.15) is 5.82 Å². The maximum atomic E-state index is 5.68. The van der Waals surface area contributed by atoms with Gasteiger partial charge in [-0.25, -0.2) is 4.98 Å². The topological polar surface area (TPSA) is 77.8 Å². The average molecular weight is 228 g/mol. The molecule has 0 amide bonds. The van der Waals surface area contributed by atoms with E-state index in [0.29, 0.717) is 5.82 Å². The second-order valence-electron chi connectivity index (χ2n) is 4.22. The molecule has 0 saturated carbocycles. The third kappa shape index (κ3) is 2.06.